The fraction of sp³-hybridized carbons (Fsp3) is 0. The van der Waals surface area contributed by atoms with Gasteiger partial charge in [-0.2, -0.15) is 0 Å². The van der Waals surface area contributed by atoms with Gasteiger partial charge in [0.1, 0.15) is 0 Å². The molecule has 0 aromatic heterocycles. The largest absolute Gasteiger partial charge is 4.00 e. The Hall–Kier alpha value is 1.55. The summed E-state index contributed by atoms with van der Waals surface area (Å²) in [4.78, 5) is 0. The maximum Gasteiger partial charge on any atom is 4.00 e. The topological polar surface area (TPSA) is 57.0 Å². The molecule has 0 saturated carbocycles. The Morgan fingerprint density at radius 1 is 0.800 bits per heavy atom. The van der Waals surface area contributed by atoms with Crippen LogP contribution in [-0.2, 0) is 52.1 Å². The fourth-order valence-electron chi connectivity index (χ4n) is 0. The second-order valence-corrected chi connectivity index (χ2v) is 0. The molecule has 0 aliphatic carbocycles. The molecule has 0 aromatic carbocycles. The quantitative estimate of drug-likeness (QED) is 0.352. The second-order valence-electron chi connectivity index (χ2n) is 0. The molecule has 0 aliphatic heterocycles. The zero-order valence-electron chi connectivity index (χ0n) is 2.40. The summed E-state index contributed by atoms with van der Waals surface area (Å²) in [5.74, 6) is 0. The van der Waals surface area contributed by atoms with Crippen LogP contribution >= 0.6 is 0 Å². The van der Waals surface area contributed by atoms with Crippen LogP contribution in [0.2, 0.25) is 0 Å². The van der Waals surface area contributed by atoms with E-state index < -0.39 is 0 Å². The van der Waals surface area contributed by atoms with Gasteiger partial charge in [-0.15, -0.1) is 0 Å². The standard InChI is InChI=1S/ClH.2O.Ti.Zn/h1H;;;;/q;2*-2;+4;+2/p-1. The third-order valence-corrected chi connectivity index (χ3v) is 0. The van der Waals surface area contributed by atoms with E-state index in [1.54, 1.807) is 0 Å². The van der Waals surface area contributed by atoms with Gasteiger partial charge in [-0.3, -0.25) is 0 Å². The molecule has 0 amide bonds. The maximum atomic E-state index is 0. The monoisotopic (exact) mass is 179 g/mol. The summed E-state index contributed by atoms with van der Waals surface area (Å²) >= 11 is 0. The van der Waals surface area contributed by atoms with Crippen LogP contribution in [-0.4, -0.2) is 0 Å². The molecule has 0 heterocycles. The van der Waals surface area contributed by atoms with Crippen molar-refractivity contribution in [2.75, 3.05) is 0 Å². The van der Waals surface area contributed by atoms with Gasteiger partial charge >= 0.3 is 41.2 Å². The van der Waals surface area contributed by atoms with Crippen molar-refractivity contribution in [2.24, 2.45) is 0 Å². The van der Waals surface area contributed by atoms with Gasteiger partial charge < -0.3 is 23.4 Å². The fourth-order valence-corrected chi connectivity index (χ4v) is 0. The third-order valence-electron chi connectivity index (χ3n) is 0. The van der Waals surface area contributed by atoms with Crippen molar-refractivity contribution in [3.8, 4) is 0 Å². The molecule has 0 aromatic rings. The van der Waals surface area contributed by atoms with Crippen LogP contribution in [0.25, 0.3) is 0 Å². The van der Waals surface area contributed by atoms with Gasteiger partial charge in [-0.1, -0.05) is 0 Å². The smallest absolute Gasteiger partial charge is 2.00 e. The van der Waals surface area contributed by atoms with Gasteiger partial charge in [0.2, 0.25) is 0 Å². The van der Waals surface area contributed by atoms with Gasteiger partial charge in [-0.25, -0.2) is 0 Å². The number of rotatable bonds is 0. The molecular formula is ClO2TiZn+. The average Bonchev–Trinajstić information content (AvgIpc) is 0. The first-order valence-corrected chi connectivity index (χ1v) is 0. The summed E-state index contributed by atoms with van der Waals surface area (Å²) in [5.41, 5.74) is 0. The Morgan fingerprint density at radius 3 is 0.800 bits per heavy atom. The maximum absolute atomic E-state index is 0. The van der Waals surface area contributed by atoms with Crippen LogP contribution in [0.15, 0.2) is 0 Å². The van der Waals surface area contributed by atoms with Crippen molar-refractivity contribution in [2.45, 2.75) is 0 Å². The Labute approximate surface area is 64.4 Å². The molecule has 5 heavy (non-hydrogen) atoms. The average molecular weight is 181 g/mol. The molecule has 0 bridgehead atoms. The van der Waals surface area contributed by atoms with Crippen LogP contribution in [0, 0.1) is 0 Å². The minimum atomic E-state index is 0. The van der Waals surface area contributed by atoms with E-state index in [1.807, 2.05) is 0 Å². The van der Waals surface area contributed by atoms with E-state index in [1.165, 1.54) is 0 Å². The third kappa shape index (κ3) is 29.2. The number of hydrogen-bond donors (Lipinski definition) is 0. The molecule has 0 fully saturated rings. The number of halogens is 1. The summed E-state index contributed by atoms with van der Waals surface area (Å²) < 4.78 is 0. The molecule has 0 aliphatic rings. The Bertz CT molecular complexity index is 9.61. The van der Waals surface area contributed by atoms with Crippen LogP contribution in [0.1, 0.15) is 0 Å². The van der Waals surface area contributed by atoms with E-state index in [4.69, 9.17) is 0 Å². The summed E-state index contributed by atoms with van der Waals surface area (Å²) in [6.07, 6.45) is 0. The predicted octanol–water partition coefficient (Wildman–Crippen LogP) is -3.24. The van der Waals surface area contributed by atoms with Gasteiger partial charge in [0.25, 0.3) is 0 Å². The number of hydrogen-bond acceptors (Lipinski definition) is 0. The SMILES string of the molecule is [Cl-].[O-2].[O-2].[Ti+4].[Zn+2]. The van der Waals surface area contributed by atoms with Crippen molar-refractivity contribution < 1.29 is 64.6 Å². The van der Waals surface area contributed by atoms with E-state index in [0.717, 1.165) is 0 Å². The molecule has 5 heteroatoms. The zero-order chi connectivity index (χ0) is 0. The normalized spacial score (nSPS) is 0. The Morgan fingerprint density at radius 2 is 0.800 bits per heavy atom. The van der Waals surface area contributed by atoms with Crippen molar-refractivity contribution in [1.29, 1.82) is 0 Å². The minimum Gasteiger partial charge on any atom is -2.00 e. The van der Waals surface area contributed by atoms with E-state index in [0.29, 0.717) is 0 Å². The van der Waals surface area contributed by atoms with Crippen molar-refractivity contribution in [3.63, 3.8) is 0 Å². The summed E-state index contributed by atoms with van der Waals surface area (Å²) in [5, 5.41) is 0. The van der Waals surface area contributed by atoms with Crippen LogP contribution in [0.3, 0.4) is 0 Å². The van der Waals surface area contributed by atoms with Crippen molar-refractivity contribution in [3.05, 3.63) is 0 Å². The molecule has 2 nitrogen and oxygen atoms in total. The first-order valence-electron chi connectivity index (χ1n) is 0. The van der Waals surface area contributed by atoms with E-state index >= 15 is 0 Å². The molecule has 0 atom stereocenters. The van der Waals surface area contributed by atoms with Gasteiger partial charge in [-0.05, 0) is 0 Å². The Balaban J connectivity index is 0. The van der Waals surface area contributed by atoms with Gasteiger partial charge in [0, 0.05) is 0 Å². The van der Waals surface area contributed by atoms with Gasteiger partial charge in [0.15, 0.2) is 0 Å². The summed E-state index contributed by atoms with van der Waals surface area (Å²) in [6.45, 7) is 0. The van der Waals surface area contributed by atoms with Crippen molar-refractivity contribution in [1.82, 2.24) is 0 Å². The molecule has 0 N–H and O–H groups in total. The minimum absolute atomic E-state index is 0. The van der Waals surface area contributed by atoms with Crippen LogP contribution < -0.4 is 12.4 Å². The second kappa shape index (κ2) is 47.9. The molecule has 0 saturated heterocycles. The summed E-state index contributed by atoms with van der Waals surface area (Å²) in [6, 6.07) is 0. The molecule has 0 unspecified atom stereocenters. The molecule has 0 rings (SSSR count). The zero-order valence-corrected chi connectivity index (χ0v) is 7.69. The van der Waals surface area contributed by atoms with E-state index in [9.17, 15) is 0 Å². The molecular weight excluding hydrogens is 181 g/mol. The summed E-state index contributed by atoms with van der Waals surface area (Å²) in [7, 11) is 0. The Kier molecular flexibility index (Phi) is 806. The molecule has 0 radical (unpaired) electrons. The van der Waals surface area contributed by atoms with Crippen LogP contribution in [0.4, 0.5) is 0 Å². The predicted molar refractivity (Wildman–Crippen MR) is 1.37 cm³/mol. The van der Waals surface area contributed by atoms with Gasteiger partial charge in [0.05, 0.1) is 0 Å². The first-order chi connectivity index (χ1) is 0. The van der Waals surface area contributed by atoms with Crippen molar-refractivity contribution >= 4 is 0 Å². The van der Waals surface area contributed by atoms with E-state index in [2.05, 4.69) is 0 Å². The molecule has 24 valence electrons. The van der Waals surface area contributed by atoms with E-state index in [-0.39, 0.29) is 64.6 Å². The first kappa shape index (κ1) is 84.1. The molecule has 0 spiro atoms. The van der Waals surface area contributed by atoms with Crippen LogP contribution in [0.5, 0.6) is 0 Å².